The number of benzene rings is 3. The van der Waals surface area contributed by atoms with Gasteiger partial charge < -0.3 is 10.2 Å². The van der Waals surface area contributed by atoms with Gasteiger partial charge in [0.1, 0.15) is 5.75 Å². The zero-order valence-corrected chi connectivity index (χ0v) is 19.6. The number of carbonyl (C=O) groups is 2. The van der Waals surface area contributed by atoms with Crippen molar-refractivity contribution in [3.8, 4) is 5.75 Å². The lowest BCUT2D eigenvalue weighted by Crippen LogP contribution is -2.28. The Morgan fingerprint density at radius 1 is 1.06 bits per heavy atom. The first kappa shape index (κ1) is 22.1. The Bertz CT molecular complexity index is 1240. The van der Waals surface area contributed by atoms with Crippen LogP contribution in [-0.4, -0.2) is 32.2 Å². The highest BCUT2D eigenvalue weighted by atomic mass is 127. The Kier molecular flexibility index (Phi) is 6.61. The average Bonchev–Trinajstić information content (AvgIpc) is 3.06. The number of phenols is 1. The van der Waals surface area contributed by atoms with E-state index < -0.39 is 5.97 Å². The number of carbonyl (C=O) groups excluding carboxylic acids is 1. The highest BCUT2D eigenvalue weighted by Crippen LogP contribution is 2.35. The summed E-state index contributed by atoms with van der Waals surface area (Å²) >= 11 is 3.32. The van der Waals surface area contributed by atoms with E-state index in [1.165, 1.54) is 23.9 Å². The van der Waals surface area contributed by atoms with E-state index in [1.54, 1.807) is 41.3 Å². The normalized spacial score (nSPS) is 16.2. The number of amidine groups is 1. The molecule has 160 valence electrons. The van der Waals surface area contributed by atoms with Crippen LogP contribution in [0.4, 0.5) is 5.69 Å². The minimum atomic E-state index is -0.996. The molecule has 32 heavy (non-hydrogen) atoms. The molecule has 1 aliphatic rings. The molecule has 0 aliphatic carbocycles. The van der Waals surface area contributed by atoms with Crippen LogP contribution in [0.3, 0.4) is 0 Å². The molecule has 0 spiro atoms. The number of phenolic OH excluding ortho intramolecular Hbond substituents is 1. The van der Waals surface area contributed by atoms with Gasteiger partial charge in [-0.15, -0.1) is 0 Å². The Morgan fingerprint density at radius 3 is 2.44 bits per heavy atom. The maximum Gasteiger partial charge on any atom is 0.335 e. The molecule has 1 fully saturated rings. The maximum atomic E-state index is 13.3. The highest BCUT2D eigenvalue weighted by Gasteiger charge is 2.33. The minimum absolute atomic E-state index is 0.185. The summed E-state index contributed by atoms with van der Waals surface area (Å²) in [6.45, 7) is 0.266. The number of carboxylic acid groups (broad SMARTS) is 1. The van der Waals surface area contributed by atoms with Crippen molar-refractivity contribution in [1.82, 2.24) is 4.90 Å². The number of nitrogens with zero attached hydrogens (tertiary/aromatic N) is 2. The maximum absolute atomic E-state index is 13.3. The predicted octanol–water partition coefficient (Wildman–Crippen LogP) is 5.50. The number of aromatic carboxylic acids is 1. The molecule has 0 aromatic heterocycles. The van der Waals surface area contributed by atoms with Gasteiger partial charge in [-0.1, -0.05) is 36.4 Å². The number of hydrogen-bond donors (Lipinski definition) is 2. The molecule has 4 rings (SSSR count). The second-order valence-electron chi connectivity index (χ2n) is 6.94. The Balaban J connectivity index is 1.68. The van der Waals surface area contributed by atoms with Crippen molar-refractivity contribution in [2.24, 2.45) is 4.99 Å². The van der Waals surface area contributed by atoms with Crippen molar-refractivity contribution >= 4 is 63.2 Å². The van der Waals surface area contributed by atoms with E-state index in [0.29, 0.717) is 13.6 Å². The zero-order chi connectivity index (χ0) is 22.7. The molecule has 0 atom stereocenters. The summed E-state index contributed by atoms with van der Waals surface area (Å²) in [5.41, 5.74) is 2.52. The summed E-state index contributed by atoms with van der Waals surface area (Å²) in [4.78, 5) is 31.1. The van der Waals surface area contributed by atoms with Gasteiger partial charge in [0.25, 0.3) is 5.91 Å². The predicted molar refractivity (Wildman–Crippen MR) is 134 cm³/mol. The summed E-state index contributed by atoms with van der Waals surface area (Å²) < 4.78 is 0.695. The standard InChI is InChI=1S/C24H17IN2O4S/c25-19-12-16(8-11-20(19)28)13-21-22(29)27(14-15-6-9-17(10-7-15)23(30)31)24(32-21)26-18-4-2-1-3-5-18/h1-13,28H,14H2,(H,30,31)/b21-13-,26-24?. The van der Waals surface area contributed by atoms with Crippen molar-refractivity contribution in [2.45, 2.75) is 6.54 Å². The van der Waals surface area contributed by atoms with E-state index in [2.05, 4.69) is 4.99 Å². The van der Waals surface area contributed by atoms with E-state index >= 15 is 0 Å². The molecule has 3 aromatic carbocycles. The summed E-state index contributed by atoms with van der Waals surface area (Å²) in [7, 11) is 0. The fraction of sp³-hybridized carbons (Fsp3) is 0.0417. The number of hydrogen-bond acceptors (Lipinski definition) is 5. The number of rotatable bonds is 5. The van der Waals surface area contributed by atoms with Gasteiger partial charge >= 0.3 is 5.97 Å². The number of amides is 1. The first-order valence-corrected chi connectivity index (χ1v) is 11.5. The number of carboxylic acids is 1. The molecule has 2 N–H and O–H groups in total. The lowest BCUT2D eigenvalue weighted by Gasteiger charge is -2.16. The van der Waals surface area contributed by atoms with Gasteiger partial charge in [0.2, 0.25) is 0 Å². The average molecular weight is 556 g/mol. The zero-order valence-electron chi connectivity index (χ0n) is 16.6. The van der Waals surface area contributed by atoms with Gasteiger partial charge in [0, 0.05) is 0 Å². The SMILES string of the molecule is O=C(O)c1ccc(CN2C(=O)/C(=C/c3ccc(O)c(I)c3)SC2=Nc2ccccc2)cc1. The number of para-hydroxylation sites is 1. The molecular formula is C24H17IN2O4S. The molecule has 1 saturated heterocycles. The van der Waals surface area contributed by atoms with Gasteiger partial charge in [0.05, 0.1) is 26.3 Å². The fourth-order valence-corrected chi connectivity index (χ4v) is 4.58. The minimum Gasteiger partial charge on any atom is -0.507 e. The van der Waals surface area contributed by atoms with Crippen molar-refractivity contribution in [3.63, 3.8) is 0 Å². The summed E-state index contributed by atoms with van der Waals surface area (Å²) in [6.07, 6.45) is 1.78. The van der Waals surface area contributed by atoms with Gasteiger partial charge in [-0.25, -0.2) is 9.79 Å². The first-order chi connectivity index (χ1) is 15.4. The number of aromatic hydroxyl groups is 1. The van der Waals surface area contributed by atoms with Crippen LogP contribution in [0.1, 0.15) is 21.5 Å². The molecule has 3 aromatic rings. The van der Waals surface area contributed by atoms with Gasteiger partial charge in [0.15, 0.2) is 5.17 Å². The molecule has 0 bridgehead atoms. The Labute approximate surface area is 202 Å². The third-order valence-electron chi connectivity index (χ3n) is 4.68. The van der Waals surface area contributed by atoms with Crippen LogP contribution in [0, 0.1) is 3.57 Å². The van der Waals surface area contributed by atoms with Gasteiger partial charge in [-0.3, -0.25) is 9.69 Å². The molecule has 1 amide bonds. The summed E-state index contributed by atoms with van der Waals surface area (Å²) in [5, 5.41) is 19.4. The Morgan fingerprint density at radius 2 is 1.78 bits per heavy atom. The van der Waals surface area contributed by atoms with E-state index in [1.807, 2.05) is 52.9 Å². The molecule has 0 saturated carbocycles. The monoisotopic (exact) mass is 556 g/mol. The van der Waals surface area contributed by atoms with Crippen molar-refractivity contribution in [3.05, 3.63) is 98.0 Å². The molecular weight excluding hydrogens is 539 g/mol. The smallest absolute Gasteiger partial charge is 0.335 e. The first-order valence-electron chi connectivity index (χ1n) is 9.56. The van der Waals surface area contributed by atoms with Crippen LogP contribution in [0.5, 0.6) is 5.75 Å². The molecule has 6 nitrogen and oxygen atoms in total. The van der Waals surface area contributed by atoms with Crippen LogP contribution in [0.2, 0.25) is 0 Å². The van der Waals surface area contributed by atoms with E-state index in [-0.39, 0.29) is 23.8 Å². The van der Waals surface area contributed by atoms with Crippen molar-refractivity contribution in [2.75, 3.05) is 0 Å². The van der Waals surface area contributed by atoms with E-state index in [0.717, 1.165) is 16.8 Å². The van der Waals surface area contributed by atoms with Crippen LogP contribution in [0.25, 0.3) is 6.08 Å². The van der Waals surface area contributed by atoms with E-state index in [9.17, 15) is 14.7 Å². The van der Waals surface area contributed by atoms with Crippen LogP contribution in [0.15, 0.2) is 82.7 Å². The Hall–Kier alpha value is -3.11. The third kappa shape index (κ3) is 5.03. The fourth-order valence-electron chi connectivity index (χ4n) is 3.04. The number of thioether (sulfide) groups is 1. The lowest BCUT2D eigenvalue weighted by molar-refractivity contribution is -0.122. The summed E-state index contributed by atoms with van der Waals surface area (Å²) in [5.74, 6) is -0.990. The van der Waals surface area contributed by atoms with Crippen LogP contribution in [-0.2, 0) is 11.3 Å². The molecule has 8 heteroatoms. The van der Waals surface area contributed by atoms with Gasteiger partial charge in [-0.05, 0) is 88.0 Å². The van der Waals surface area contributed by atoms with Crippen molar-refractivity contribution < 1.29 is 19.8 Å². The topological polar surface area (TPSA) is 90.2 Å². The number of aliphatic imine (C=N–C) groups is 1. The molecule has 1 heterocycles. The lowest BCUT2D eigenvalue weighted by atomic mass is 10.1. The highest BCUT2D eigenvalue weighted by molar-refractivity contribution is 14.1. The second kappa shape index (κ2) is 9.58. The number of halogens is 1. The molecule has 0 unspecified atom stereocenters. The largest absolute Gasteiger partial charge is 0.507 e. The van der Waals surface area contributed by atoms with Crippen molar-refractivity contribution in [1.29, 1.82) is 0 Å². The molecule has 1 aliphatic heterocycles. The van der Waals surface area contributed by atoms with Gasteiger partial charge in [-0.2, -0.15) is 0 Å². The van der Waals surface area contributed by atoms with Crippen LogP contribution >= 0.6 is 34.4 Å². The summed E-state index contributed by atoms with van der Waals surface area (Å²) in [6, 6.07) is 21.0. The van der Waals surface area contributed by atoms with E-state index in [4.69, 9.17) is 5.11 Å². The third-order valence-corrected chi connectivity index (χ3v) is 6.55. The van der Waals surface area contributed by atoms with Crippen LogP contribution < -0.4 is 0 Å². The second-order valence-corrected chi connectivity index (χ2v) is 9.12. The molecule has 0 radical (unpaired) electrons. The quantitative estimate of drug-likeness (QED) is 0.320.